The molecule has 1 unspecified atom stereocenters. The first kappa shape index (κ1) is 10.4. The normalized spacial score (nSPS) is 24.0. The van der Waals surface area contributed by atoms with E-state index in [-0.39, 0.29) is 6.10 Å². The van der Waals surface area contributed by atoms with Crippen molar-refractivity contribution in [3.05, 3.63) is 16.0 Å². The molecule has 1 fully saturated rings. The Hall–Kier alpha value is -0.140. The zero-order chi connectivity index (χ0) is 9.97. The second-order valence-electron chi connectivity index (χ2n) is 3.64. The summed E-state index contributed by atoms with van der Waals surface area (Å²) in [6, 6.07) is 0. The second kappa shape index (κ2) is 4.59. The third-order valence-corrected chi connectivity index (χ3v) is 2.89. The monoisotopic (exact) mass is 307 g/mol. The first-order chi connectivity index (χ1) is 6.74. The van der Waals surface area contributed by atoms with Crippen LogP contribution < -0.4 is 0 Å². The van der Waals surface area contributed by atoms with E-state index in [9.17, 15) is 0 Å². The highest BCUT2D eigenvalue weighted by Crippen LogP contribution is 2.07. The maximum Gasteiger partial charge on any atom is 0.0897 e. The quantitative estimate of drug-likeness (QED) is 0.758. The number of aromatic nitrogens is 2. The molecule has 0 N–H and O–H groups in total. The van der Waals surface area contributed by atoms with Gasteiger partial charge in [-0.15, -0.1) is 0 Å². The number of halogens is 1. The molecule has 4 nitrogen and oxygen atoms in total. The van der Waals surface area contributed by atoms with Crippen LogP contribution in [-0.4, -0.2) is 47.5 Å². The molecule has 0 aromatic carbocycles. The van der Waals surface area contributed by atoms with E-state index in [1.807, 2.05) is 17.1 Å². The molecular weight excluding hydrogens is 293 g/mol. The molecule has 1 aromatic rings. The van der Waals surface area contributed by atoms with Crippen LogP contribution in [0.1, 0.15) is 0 Å². The Morgan fingerprint density at radius 2 is 2.57 bits per heavy atom. The van der Waals surface area contributed by atoms with Crippen molar-refractivity contribution in [3.63, 3.8) is 0 Å². The first-order valence-corrected chi connectivity index (χ1v) is 5.80. The van der Waals surface area contributed by atoms with Gasteiger partial charge in [0.25, 0.3) is 0 Å². The molecule has 0 radical (unpaired) electrons. The minimum absolute atomic E-state index is 0.282. The van der Waals surface area contributed by atoms with E-state index in [1.165, 1.54) is 3.57 Å². The summed E-state index contributed by atoms with van der Waals surface area (Å²) < 4.78 is 8.78. The number of hydrogen-bond acceptors (Lipinski definition) is 3. The van der Waals surface area contributed by atoms with Crippen LogP contribution in [0.25, 0.3) is 0 Å². The molecule has 2 rings (SSSR count). The lowest BCUT2D eigenvalue weighted by Crippen LogP contribution is -2.42. The molecule has 1 atom stereocenters. The van der Waals surface area contributed by atoms with Crippen LogP contribution in [0, 0.1) is 3.57 Å². The summed E-state index contributed by atoms with van der Waals surface area (Å²) >= 11 is 2.26. The number of morpholine rings is 1. The summed E-state index contributed by atoms with van der Waals surface area (Å²) in [5.41, 5.74) is 0. The lowest BCUT2D eigenvalue weighted by molar-refractivity contribution is -0.0290. The van der Waals surface area contributed by atoms with E-state index >= 15 is 0 Å². The van der Waals surface area contributed by atoms with Crippen LogP contribution in [0.2, 0.25) is 0 Å². The van der Waals surface area contributed by atoms with Crippen molar-refractivity contribution in [2.45, 2.75) is 12.6 Å². The topological polar surface area (TPSA) is 30.3 Å². The predicted octanol–water partition coefficient (Wildman–Crippen LogP) is 0.818. The fourth-order valence-corrected chi connectivity index (χ4v) is 2.07. The Morgan fingerprint density at radius 1 is 1.71 bits per heavy atom. The average Bonchev–Trinajstić information content (AvgIpc) is 2.51. The summed E-state index contributed by atoms with van der Waals surface area (Å²) in [6.07, 6.45) is 4.19. The zero-order valence-corrected chi connectivity index (χ0v) is 10.3. The molecule has 1 aliphatic heterocycles. The number of likely N-dealkylation sites (N-methyl/N-ethyl adjacent to an activating group) is 1. The smallest absolute Gasteiger partial charge is 0.0897 e. The third kappa shape index (κ3) is 2.68. The average molecular weight is 307 g/mol. The number of ether oxygens (including phenoxy) is 1. The predicted molar refractivity (Wildman–Crippen MR) is 62.2 cm³/mol. The highest BCUT2D eigenvalue weighted by atomic mass is 127. The second-order valence-corrected chi connectivity index (χ2v) is 4.88. The van der Waals surface area contributed by atoms with Gasteiger partial charge in [0.1, 0.15) is 0 Å². The van der Waals surface area contributed by atoms with Crippen molar-refractivity contribution in [1.82, 2.24) is 14.7 Å². The van der Waals surface area contributed by atoms with Crippen LogP contribution in [-0.2, 0) is 11.3 Å². The molecule has 0 saturated carbocycles. The van der Waals surface area contributed by atoms with Gasteiger partial charge in [-0.3, -0.25) is 4.68 Å². The van der Waals surface area contributed by atoms with Gasteiger partial charge in [0.15, 0.2) is 0 Å². The summed E-state index contributed by atoms with van der Waals surface area (Å²) in [4.78, 5) is 2.29. The fraction of sp³-hybridized carbons (Fsp3) is 0.667. The van der Waals surface area contributed by atoms with Crippen LogP contribution >= 0.6 is 22.6 Å². The van der Waals surface area contributed by atoms with Crippen LogP contribution in [0.5, 0.6) is 0 Å². The Balaban J connectivity index is 1.90. The molecule has 1 aliphatic rings. The van der Waals surface area contributed by atoms with Crippen molar-refractivity contribution in [1.29, 1.82) is 0 Å². The van der Waals surface area contributed by atoms with Crippen molar-refractivity contribution in [3.8, 4) is 0 Å². The summed E-state index contributed by atoms with van der Waals surface area (Å²) in [7, 11) is 2.13. The Labute approximate surface area is 97.4 Å². The van der Waals surface area contributed by atoms with E-state index in [0.29, 0.717) is 0 Å². The van der Waals surface area contributed by atoms with E-state index < -0.39 is 0 Å². The molecule has 2 heterocycles. The van der Waals surface area contributed by atoms with Gasteiger partial charge < -0.3 is 9.64 Å². The number of rotatable bonds is 2. The molecule has 0 aliphatic carbocycles. The van der Waals surface area contributed by atoms with Crippen molar-refractivity contribution >= 4 is 22.6 Å². The van der Waals surface area contributed by atoms with Crippen molar-refractivity contribution in [2.24, 2.45) is 0 Å². The molecule has 0 bridgehead atoms. The molecule has 78 valence electrons. The van der Waals surface area contributed by atoms with Crippen LogP contribution in [0.3, 0.4) is 0 Å². The number of hydrogen-bond donors (Lipinski definition) is 0. The molecule has 5 heteroatoms. The number of nitrogens with zero attached hydrogens (tertiary/aromatic N) is 3. The van der Waals surface area contributed by atoms with Gasteiger partial charge >= 0.3 is 0 Å². The van der Waals surface area contributed by atoms with Crippen LogP contribution in [0.15, 0.2) is 12.4 Å². The van der Waals surface area contributed by atoms with Gasteiger partial charge in [0, 0.05) is 19.3 Å². The van der Waals surface area contributed by atoms with E-state index in [4.69, 9.17) is 4.74 Å². The van der Waals surface area contributed by atoms with Gasteiger partial charge in [0.05, 0.1) is 29.0 Å². The van der Waals surface area contributed by atoms with Gasteiger partial charge in [-0.2, -0.15) is 5.10 Å². The minimum atomic E-state index is 0.282. The van der Waals surface area contributed by atoms with Gasteiger partial charge in [-0.25, -0.2) is 0 Å². The lowest BCUT2D eigenvalue weighted by Gasteiger charge is -2.29. The van der Waals surface area contributed by atoms with Crippen molar-refractivity contribution in [2.75, 3.05) is 26.7 Å². The lowest BCUT2D eigenvalue weighted by atomic mass is 10.3. The Morgan fingerprint density at radius 3 is 3.21 bits per heavy atom. The summed E-state index contributed by atoms with van der Waals surface area (Å²) in [5, 5.41) is 4.25. The zero-order valence-electron chi connectivity index (χ0n) is 8.19. The maximum atomic E-state index is 5.66. The van der Waals surface area contributed by atoms with E-state index in [2.05, 4.69) is 39.6 Å². The Bertz CT molecular complexity index is 302. The van der Waals surface area contributed by atoms with E-state index in [1.54, 1.807) is 0 Å². The molecule has 1 saturated heterocycles. The molecule has 1 aromatic heterocycles. The molecular formula is C9H14IN3O. The largest absolute Gasteiger partial charge is 0.374 e. The third-order valence-electron chi connectivity index (χ3n) is 2.33. The van der Waals surface area contributed by atoms with Crippen LogP contribution in [0.4, 0.5) is 0 Å². The SMILES string of the molecule is CN1CCOC(Cn2cc(I)cn2)C1. The standard InChI is InChI=1S/C9H14IN3O/c1-12-2-3-14-9(6-12)7-13-5-8(10)4-11-13/h4-5,9H,2-3,6-7H2,1H3. The fourth-order valence-electron chi connectivity index (χ4n) is 1.62. The molecule has 14 heavy (non-hydrogen) atoms. The van der Waals surface area contributed by atoms with Gasteiger partial charge in [0.2, 0.25) is 0 Å². The summed E-state index contributed by atoms with van der Waals surface area (Å²) in [5.74, 6) is 0. The van der Waals surface area contributed by atoms with Crippen molar-refractivity contribution < 1.29 is 4.74 Å². The highest BCUT2D eigenvalue weighted by molar-refractivity contribution is 14.1. The Kier molecular flexibility index (Phi) is 3.40. The highest BCUT2D eigenvalue weighted by Gasteiger charge is 2.18. The summed E-state index contributed by atoms with van der Waals surface area (Å²) in [6.45, 7) is 3.72. The minimum Gasteiger partial charge on any atom is -0.374 e. The van der Waals surface area contributed by atoms with E-state index in [0.717, 1.165) is 26.2 Å². The van der Waals surface area contributed by atoms with Gasteiger partial charge in [-0.1, -0.05) is 0 Å². The molecule has 0 spiro atoms. The maximum absolute atomic E-state index is 5.66. The van der Waals surface area contributed by atoms with Gasteiger partial charge in [-0.05, 0) is 29.6 Å². The molecule has 0 amide bonds. The first-order valence-electron chi connectivity index (χ1n) is 4.72.